The van der Waals surface area contributed by atoms with E-state index in [4.69, 9.17) is 5.73 Å². The third-order valence-electron chi connectivity index (χ3n) is 2.65. The number of hydrogen-bond acceptors (Lipinski definition) is 3. The van der Waals surface area contributed by atoms with Crippen LogP contribution in [0.15, 0.2) is 10.5 Å². The largest absolute Gasteiger partial charge is 0.324 e. The lowest BCUT2D eigenvalue weighted by Crippen LogP contribution is -2.11. The first-order valence-electron chi connectivity index (χ1n) is 4.75. The van der Waals surface area contributed by atoms with Crippen LogP contribution in [0.2, 0.25) is 0 Å². The van der Waals surface area contributed by atoms with Gasteiger partial charge in [0.25, 0.3) is 0 Å². The third-order valence-corrected chi connectivity index (χ3v) is 4.91. The number of rotatable bonds is 3. The summed E-state index contributed by atoms with van der Waals surface area (Å²) in [4.78, 5) is 13.5. The lowest BCUT2D eigenvalue weighted by Gasteiger charge is -2.24. The molecule has 1 saturated carbocycles. The van der Waals surface area contributed by atoms with Gasteiger partial charge in [-0.1, -0.05) is 6.42 Å². The molecule has 2 rings (SSSR count). The van der Waals surface area contributed by atoms with Crippen molar-refractivity contribution in [2.45, 2.75) is 25.2 Å². The molecule has 1 fully saturated rings. The molecule has 0 amide bonds. The van der Waals surface area contributed by atoms with E-state index in [-0.39, 0.29) is 12.3 Å². The maximum Gasteiger partial charge on any atom is 0.186 e. The summed E-state index contributed by atoms with van der Waals surface area (Å²) in [5, 5.41) is 0. The number of carbonyl (C=O) groups is 1. The van der Waals surface area contributed by atoms with Crippen LogP contribution in [0.25, 0.3) is 0 Å². The topological polar surface area (TPSA) is 43.1 Å². The SMILES string of the molecule is NCC(=O)c1cc(Br)c(C2CCC2)s1. The smallest absolute Gasteiger partial charge is 0.186 e. The number of carbonyl (C=O) groups excluding carboxylic acids is 1. The summed E-state index contributed by atoms with van der Waals surface area (Å²) in [6.45, 7) is 0.108. The van der Waals surface area contributed by atoms with Gasteiger partial charge in [-0.2, -0.15) is 0 Å². The maximum absolute atomic E-state index is 11.4. The predicted octanol–water partition coefficient (Wildman–Crippen LogP) is 2.92. The number of thiophene rings is 1. The molecular weight excluding hydrogens is 262 g/mol. The second kappa shape index (κ2) is 4.13. The highest BCUT2D eigenvalue weighted by Crippen LogP contribution is 2.43. The lowest BCUT2D eigenvalue weighted by molar-refractivity contribution is 0.100. The summed E-state index contributed by atoms with van der Waals surface area (Å²) < 4.78 is 1.09. The van der Waals surface area contributed by atoms with E-state index in [1.54, 1.807) is 11.3 Å². The minimum Gasteiger partial charge on any atom is -0.324 e. The third kappa shape index (κ3) is 1.78. The molecule has 0 bridgehead atoms. The Kier molecular flexibility index (Phi) is 3.04. The zero-order valence-electron chi connectivity index (χ0n) is 7.75. The van der Waals surface area contributed by atoms with Gasteiger partial charge in [0.2, 0.25) is 0 Å². The average molecular weight is 274 g/mol. The van der Waals surface area contributed by atoms with Crippen molar-refractivity contribution in [3.8, 4) is 0 Å². The fourth-order valence-electron chi connectivity index (χ4n) is 1.57. The van der Waals surface area contributed by atoms with E-state index in [0.717, 1.165) is 9.35 Å². The van der Waals surface area contributed by atoms with Gasteiger partial charge < -0.3 is 5.73 Å². The van der Waals surface area contributed by atoms with Gasteiger partial charge in [-0.3, -0.25) is 4.79 Å². The van der Waals surface area contributed by atoms with Crippen molar-refractivity contribution in [3.63, 3.8) is 0 Å². The molecule has 14 heavy (non-hydrogen) atoms. The van der Waals surface area contributed by atoms with Gasteiger partial charge in [-0.15, -0.1) is 11.3 Å². The monoisotopic (exact) mass is 273 g/mol. The number of nitrogens with two attached hydrogens (primary N) is 1. The first-order valence-corrected chi connectivity index (χ1v) is 6.36. The van der Waals surface area contributed by atoms with Gasteiger partial charge in [0.1, 0.15) is 0 Å². The Bertz CT molecular complexity index is 357. The molecule has 0 saturated heterocycles. The molecule has 1 aliphatic carbocycles. The van der Waals surface area contributed by atoms with Crippen LogP contribution in [-0.4, -0.2) is 12.3 Å². The van der Waals surface area contributed by atoms with E-state index in [1.807, 2.05) is 6.07 Å². The van der Waals surface area contributed by atoms with Crippen molar-refractivity contribution < 1.29 is 4.79 Å². The van der Waals surface area contributed by atoms with Gasteiger partial charge in [0.05, 0.1) is 11.4 Å². The highest BCUT2D eigenvalue weighted by Gasteiger charge is 2.24. The van der Waals surface area contributed by atoms with Crippen molar-refractivity contribution in [3.05, 3.63) is 20.3 Å². The molecule has 1 heterocycles. The molecule has 4 heteroatoms. The number of halogens is 1. The molecule has 2 nitrogen and oxygen atoms in total. The Balaban J connectivity index is 2.24. The fraction of sp³-hybridized carbons (Fsp3) is 0.500. The van der Waals surface area contributed by atoms with Gasteiger partial charge in [0.15, 0.2) is 5.78 Å². The van der Waals surface area contributed by atoms with Crippen molar-refractivity contribution in [1.82, 2.24) is 0 Å². The van der Waals surface area contributed by atoms with Gasteiger partial charge >= 0.3 is 0 Å². The number of Topliss-reactive ketones (excluding diaryl/α,β-unsaturated/α-hetero) is 1. The van der Waals surface area contributed by atoms with E-state index < -0.39 is 0 Å². The Morgan fingerprint density at radius 3 is 2.86 bits per heavy atom. The van der Waals surface area contributed by atoms with Crippen LogP contribution in [0, 0.1) is 0 Å². The van der Waals surface area contributed by atoms with E-state index in [0.29, 0.717) is 5.92 Å². The van der Waals surface area contributed by atoms with Crippen LogP contribution < -0.4 is 5.73 Å². The van der Waals surface area contributed by atoms with Crippen LogP contribution in [-0.2, 0) is 0 Å². The molecule has 0 aromatic carbocycles. The molecule has 1 aliphatic rings. The molecule has 0 spiro atoms. The maximum atomic E-state index is 11.4. The number of ketones is 1. The highest BCUT2D eigenvalue weighted by molar-refractivity contribution is 9.10. The quantitative estimate of drug-likeness (QED) is 0.861. The zero-order valence-corrected chi connectivity index (χ0v) is 10.2. The summed E-state index contributed by atoms with van der Waals surface area (Å²) in [5.41, 5.74) is 5.33. The van der Waals surface area contributed by atoms with Crippen LogP contribution >= 0.6 is 27.3 Å². The van der Waals surface area contributed by atoms with Gasteiger partial charge in [-0.25, -0.2) is 0 Å². The normalized spacial score (nSPS) is 16.7. The number of hydrogen-bond donors (Lipinski definition) is 1. The molecule has 1 aromatic heterocycles. The van der Waals surface area contributed by atoms with E-state index >= 15 is 0 Å². The molecule has 1 aromatic rings. The molecule has 0 aliphatic heterocycles. The van der Waals surface area contributed by atoms with Gasteiger partial charge in [0, 0.05) is 9.35 Å². The molecule has 76 valence electrons. The molecular formula is C10H12BrNOS. The fourth-order valence-corrected chi connectivity index (χ4v) is 3.69. The van der Waals surface area contributed by atoms with E-state index in [2.05, 4.69) is 15.9 Å². The molecule has 0 atom stereocenters. The summed E-state index contributed by atoms with van der Waals surface area (Å²) in [6, 6.07) is 1.91. The van der Waals surface area contributed by atoms with Crippen molar-refractivity contribution in [2.75, 3.05) is 6.54 Å². The van der Waals surface area contributed by atoms with Crippen molar-refractivity contribution >= 4 is 33.0 Å². The minimum absolute atomic E-state index is 0.0428. The summed E-state index contributed by atoms with van der Waals surface area (Å²) >= 11 is 5.11. The average Bonchev–Trinajstić information content (AvgIpc) is 2.44. The van der Waals surface area contributed by atoms with Crippen LogP contribution in [0.3, 0.4) is 0 Å². The Labute approximate surface area is 95.6 Å². The van der Waals surface area contributed by atoms with E-state index in [9.17, 15) is 4.79 Å². The summed E-state index contributed by atoms with van der Waals surface area (Å²) in [7, 11) is 0. The molecule has 2 N–H and O–H groups in total. The lowest BCUT2D eigenvalue weighted by atomic mass is 9.84. The first kappa shape index (κ1) is 10.3. The standard InChI is InChI=1S/C10H12BrNOS/c11-7-4-9(8(13)5-12)14-10(7)6-2-1-3-6/h4,6H,1-3,5,12H2. The molecule has 0 unspecified atom stereocenters. The first-order chi connectivity index (χ1) is 6.72. The minimum atomic E-state index is 0.0428. The van der Waals surface area contributed by atoms with Crippen molar-refractivity contribution in [1.29, 1.82) is 0 Å². The highest BCUT2D eigenvalue weighted by atomic mass is 79.9. The van der Waals surface area contributed by atoms with Crippen LogP contribution in [0.5, 0.6) is 0 Å². The Hall–Kier alpha value is -0.190. The van der Waals surface area contributed by atoms with Crippen LogP contribution in [0.4, 0.5) is 0 Å². The van der Waals surface area contributed by atoms with Crippen molar-refractivity contribution in [2.24, 2.45) is 5.73 Å². The van der Waals surface area contributed by atoms with E-state index in [1.165, 1.54) is 24.1 Å². The second-order valence-electron chi connectivity index (χ2n) is 3.58. The van der Waals surface area contributed by atoms with Gasteiger partial charge in [-0.05, 0) is 40.8 Å². The predicted molar refractivity (Wildman–Crippen MR) is 62.0 cm³/mol. The van der Waals surface area contributed by atoms with Crippen LogP contribution in [0.1, 0.15) is 39.7 Å². The zero-order chi connectivity index (χ0) is 10.1. The second-order valence-corrected chi connectivity index (χ2v) is 5.52. The summed E-state index contributed by atoms with van der Waals surface area (Å²) in [6.07, 6.45) is 3.83. The molecule has 0 radical (unpaired) electrons. The summed E-state index contributed by atoms with van der Waals surface area (Å²) in [5.74, 6) is 0.718. The Morgan fingerprint density at radius 1 is 1.64 bits per heavy atom. The Morgan fingerprint density at radius 2 is 2.36 bits per heavy atom.